The van der Waals surface area contributed by atoms with Gasteiger partial charge in [0.25, 0.3) is 5.91 Å². The van der Waals surface area contributed by atoms with E-state index in [9.17, 15) is 13.6 Å². The molecule has 2 atom stereocenters. The van der Waals surface area contributed by atoms with Crippen LogP contribution in [0.15, 0.2) is 24.3 Å². The highest BCUT2D eigenvalue weighted by Crippen LogP contribution is 2.21. The zero-order valence-corrected chi connectivity index (χ0v) is 10.3. The highest BCUT2D eigenvalue weighted by atomic mass is 19.1. The van der Waals surface area contributed by atoms with Crippen LogP contribution in [0.25, 0.3) is 0 Å². The number of amides is 1. The maximum Gasteiger partial charge on any atom is 0.260 e. The number of hydrogen-bond acceptors (Lipinski definition) is 3. The van der Waals surface area contributed by atoms with E-state index in [1.54, 1.807) is 6.07 Å². The molecule has 2 rings (SSSR count). The minimum Gasteiger partial charge on any atom is -0.481 e. The van der Waals surface area contributed by atoms with Crippen molar-refractivity contribution in [1.29, 1.82) is 0 Å². The molecule has 1 aliphatic rings. The van der Waals surface area contributed by atoms with Crippen molar-refractivity contribution < 1.29 is 23.4 Å². The Balaban J connectivity index is 1.93. The summed E-state index contributed by atoms with van der Waals surface area (Å²) in [6.45, 7) is -0.708. The molecule has 0 bridgehead atoms. The van der Waals surface area contributed by atoms with Crippen LogP contribution < -0.4 is 4.74 Å². The van der Waals surface area contributed by atoms with Crippen LogP contribution in [0, 0.1) is 5.82 Å². The number of ether oxygens (including phenoxy) is 1. The van der Waals surface area contributed by atoms with Crippen molar-refractivity contribution in [2.75, 3.05) is 19.8 Å². The van der Waals surface area contributed by atoms with Gasteiger partial charge in [0, 0.05) is 6.42 Å². The number of hydrogen-bond donors (Lipinski definition) is 1. The maximum absolute atomic E-state index is 13.3. The van der Waals surface area contributed by atoms with Crippen molar-refractivity contribution in [3.05, 3.63) is 30.1 Å². The van der Waals surface area contributed by atoms with Gasteiger partial charge in [-0.2, -0.15) is 0 Å². The lowest BCUT2D eigenvalue weighted by atomic mass is 10.2. The lowest BCUT2D eigenvalue weighted by molar-refractivity contribution is -0.135. The molecule has 1 heterocycles. The van der Waals surface area contributed by atoms with Gasteiger partial charge >= 0.3 is 0 Å². The van der Waals surface area contributed by atoms with Gasteiger partial charge in [0.1, 0.15) is 6.17 Å². The fraction of sp³-hybridized carbons (Fsp3) is 0.462. The molecule has 104 valence electrons. The molecular weight excluding hydrogens is 256 g/mol. The van der Waals surface area contributed by atoms with Crippen LogP contribution in [0.1, 0.15) is 6.42 Å². The quantitative estimate of drug-likeness (QED) is 0.893. The Kier molecular flexibility index (Phi) is 4.31. The smallest absolute Gasteiger partial charge is 0.260 e. The third kappa shape index (κ3) is 3.20. The predicted octanol–water partition coefficient (Wildman–Crippen LogP) is 1.14. The Morgan fingerprint density at radius 3 is 2.89 bits per heavy atom. The summed E-state index contributed by atoms with van der Waals surface area (Å²) in [4.78, 5) is 13.1. The van der Waals surface area contributed by atoms with Crippen LogP contribution in [-0.4, -0.2) is 47.9 Å². The van der Waals surface area contributed by atoms with Crippen molar-refractivity contribution in [3.8, 4) is 5.75 Å². The topological polar surface area (TPSA) is 49.8 Å². The van der Waals surface area contributed by atoms with E-state index in [1.165, 1.54) is 23.1 Å². The number of para-hydroxylation sites is 1. The molecular formula is C13H15F2NO3. The highest BCUT2D eigenvalue weighted by Gasteiger charge is 2.34. The number of likely N-dealkylation sites (tertiary alicyclic amines) is 1. The summed E-state index contributed by atoms with van der Waals surface area (Å²) in [5, 5.41) is 9.07. The third-order valence-electron chi connectivity index (χ3n) is 3.08. The Bertz CT molecular complexity index is 455. The fourth-order valence-corrected chi connectivity index (χ4v) is 2.12. The van der Waals surface area contributed by atoms with Crippen LogP contribution in [-0.2, 0) is 4.79 Å². The van der Waals surface area contributed by atoms with E-state index in [-0.39, 0.29) is 31.9 Å². The molecule has 1 amide bonds. The Morgan fingerprint density at radius 1 is 1.47 bits per heavy atom. The van der Waals surface area contributed by atoms with Gasteiger partial charge in [-0.05, 0) is 12.1 Å². The summed E-state index contributed by atoms with van der Waals surface area (Å²) in [6.07, 6.45) is -1.00. The normalized spacial score (nSPS) is 22.6. The molecule has 0 radical (unpaired) electrons. The molecule has 4 nitrogen and oxygen atoms in total. The summed E-state index contributed by atoms with van der Waals surface area (Å²) in [5.41, 5.74) is 0. The molecule has 1 fully saturated rings. The zero-order valence-electron chi connectivity index (χ0n) is 10.3. The summed E-state index contributed by atoms with van der Waals surface area (Å²) in [7, 11) is 0. The van der Waals surface area contributed by atoms with Gasteiger partial charge in [-0.15, -0.1) is 0 Å². The van der Waals surface area contributed by atoms with Gasteiger partial charge < -0.3 is 14.7 Å². The molecule has 1 aromatic rings. The van der Waals surface area contributed by atoms with Crippen LogP contribution in [0.3, 0.4) is 0 Å². The summed E-state index contributed by atoms with van der Waals surface area (Å²) in [5.74, 6) is -1.03. The second-order valence-electron chi connectivity index (χ2n) is 4.43. The first-order valence-corrected chi connectivity index (χ1v) is 6.03. The number of benzene rings is 1. The Hall–Kier alpha value is -1.69. The molecule has 19 heavy (non-hydrogen) atoms. The second-order valence-corrected chi connectivity index (χ2v) is 4.43. The van der Waals surface area contributed by atoms with Crippen molar-refractivity contribution >= 4 is 5.91 Å². The number of aliphatic hydroxyl groups is 1. The lowest BCUT2D eigenvalue weighted by Crippen LogP contribution is -2.40. The molecule has 1 saturated heterocycles. The van der Waals surface area contributed by atoms with Gasteiger partial charge in [-0.25, -0.2) is 8.78 Å². The van der Waals surface area contributed by atoms with E-state index in [2.05, 4.69) is 0 Å². The van der Waals surface area contributed by atoms with Crippen molar-refractivity contribution in [3.63, 3.8) is 0 Å². The lowest BCUT2D eigenvalue weighted by Gasteiger charge is -2.22. The summed E-state index contributed by atoms with van der Waals surface area (Å²) >= 11 is 0. The molecule has 1 aliphatic heterocycles. The predicted molar refractivity (Wildman–Crippen MR) is 64.0 cm³/mol. The monoisotopic (exact) mass is 271 g/mol. The second kappa shape index (κ2) is 5.97. The molecule has 0 spiro atoms. The number of halogens is 2. The van der Waals surface area contributed by atoms with E-state index >= 15 is 0 Å². The molecule has 1 N–H and O–H groups in total. The largest absolute Gasteiger partial charge is 0.481 e. The molecule has 1 aromatic carbocycles. The standard InChI is InChI=1S/C13H15F2NO3/c14-9-5-10(7-17)16(6-9)13(18)8-19-12-4-2-1-3-11(12)15/h1-4,9-10,17H,5-8H2/t9-,10-/m0/s1. The first-order chi connectivity index (χ1) is 9.11. The fourth-order valence-electron chi connectivity index (χ4n) is 2.12. The van der Waals surface area contributed by atoms with Gasteiger partial charge in [0.05, 0.1) is 19.2 Å². The number of alkyl halides is 1. The van der Waals surface area contributed by atoms with Crippen molar-refractivity contribution in [1.82, 2.24) is 4.90 Å². The molecule has 0 aliphatic carbocycles. The molecule has 0 aromatic heterocycles. The average Bonchev–Trinajstić information content (AvgIpc) is 2.79. The minimum absolute atomic E-state index is 0.0209. The van der Waals surface area contributed by atoms with Crippen LogP contribution in [0.4, 0.5) is 8.78 Å². The Labute approximate surface area is 109 Å². The van der Waals surface area contributed by atoms with Gasteiger partial charge in [0.2, 0.25) is 0 Å². The molecule has 6 heteroatoms. The molecule has 0 unspecified atom stereocenters. The first kappa shape index (κ1) is 13.7. The number of aliphatic hydroxyl groups excluding tert-OH is 1. The van der Waals surface area contributed by atoms with E-state index in [0.29, 0.717) is 0 Å². The maximum atomic E-state index is 13.3. The Morgan fingerprint density at radius 2 is 2.21 bits per heavy atom. The summed E-state index contributed by atoms with van der Waals surface area (Å²) < 4.78 is 31.5. The van der Waals surface area contributed by atoms with Crippen molar-refractivity contribution in [2.24, 2.45) is 0 Å². The molecule has 0 saturated carbocycles. The highest BCUT2D eigenvalue weighted by molar-refractivity contribution is 5.78. The zero-order chi connectivity index (χ0) is 13.8. The van der Waals surface area contributed by atoms with Gasteiger partial charge in [-0.3, -0.25) is 4.79 Å². The minimum atomic E-state index is -1.13. The van der Waals surface area contributed by atoms with E-state index in [0.717, 1.165) is 0 Å². The van der Waals surface area contributed by atoms with Crippen molar-refractivity contribution in [2.45, 2.75) is 18.6 Å². The van der Waals surface area contributed by atoms with Crippen LogP contribution in [0.2, 0.25) is 0 Å². The average molecular weight is 271 g/mol. The first-order valence-electron chi connectivity index (χ1n) is 6.03. The van der Waals surface area contributed by atoms with Crippen LogP contribution in [0.5, 0.6) is 5.75 Å². The van der Waals surface area contributed by atoms with E-state index in [1.807, 2.05) is 0 Å². The van der Waals surface area contributed by atoms with Gasteiger partial charge in [0.15, 0.2) is 18.2 Å². The number of rotatable bonds is 4. The van der Waals surface area contributed by atoms with Gasteiger partial charge in [-0.1, -0.05) is 12.1 Å². The number of carbonyl (C=O) groups is 1. The van der Waals surface area contributed by atoms with Crippen LogP contribution >= 0.6 is 0 Å². The third-order valence-corrected chi connectivity index (χ3v) is 3.08. The summed E-state index contributed by atoms with van der Waals surface area (Å²) in [6, 6.07) is 5.22. The number of nitrogens with zero attached hydrogens (tertiary/aromatic N) is 1. The SMILES string of the molecule is O=C(COc1ccccc1F)N1C[C@@H](F)C[C@H]1CO. The number of carbonyl (C=O) groups excluding carboxylic acids is 1. The van der Waals surface area contributed by atoms with E-state index in [4.69, 9.17) is 9.84 Å². The van der Waals surface area contributed by atoms with E-state index < -0.39 is 23.9 Å².